The molecule has 0 radical (unpaired) electrons. The van der Waals surface area contributed by atoms with Crippen LogP contribution in [0.2, 0.25) is 19.6 Å². The molecule has 1 aliphatic carbocycles. The lowest BCUT2D eigenvalue weighted by atomic mass is 9.90. The van der Waals surface area contributed by atoms with Crippen LogP contribution >= 0.6 is 0 Å². The summed E-state index contributed by atoms with van der Waals surface area (Å²) in [7, 11) is -1.50. The van der Waals surface area contributed by atoms with E-state index in [4.69, 9.17) is 4.43 Å². The standard InChI is InChI=1S/C13H22OSi/c1-10(2)12-8-7-11(3)9-13(12)14-15(4,5)6/h7,9,12H,1,8H2,2-6H3/t12-/m0/s1. The first-order chi connectivity index (χ1) is 6.79. The number of hydrogen-bond acceptors (Lipinski definition) is 1. The van der Waals surface area contributed by atoms with Crippen molar-refractivity contribution in [3.63, 3.8) is 0 Å². The van der Waals surface area contributed by atoms with Crippen molar-refractivity contribution in [3.05, 3.63) is 35.6 Å². The lowest BCUT2D eigenvalue weighted by molar-refractivity contribution is 0.358. The number of rotatable bonds is 3. The van der Waals surface area contributed by atoms with E-state index in [2.05, 4.69) is 52.2 Å². The zero-order valence-corrected chi connectivity index (χ0v) is 11.6. The molecule has 0 aromatic rings. The Kier molecular flexibility index (Phi) is 3.61. The van der Waals surface area contributed by atoms with Gasteiger partial charge in [-0.05, 0) is 46.0 Å². The molecule has 0 spiro atoms. The molecule has 0 heterocycles. The Labute approximate surface area is 94.7 Å². The average Bonchev–Trinajstić information content (AvgIpc) is 1.99. The lowest BCUT2D eigenvalue weighted by Crippen LogP contribution is -2.28. The van der Waals surface area contributed by atoms with Crippen LogP contribution in [-0.4, -0.2) is 8.32 Å². The van der Waals surface area contributed by atoms with Gasteiger partial charge in [0.05, 0.1) is 5.76 Å². The minimum atomic E-state index is -1.50. The zero-order valence-electron chi connectivity index (χ0n) is 10.6. The van der Waals surface area contributed by atoms with Crippen LogP contribution in [0.25, 0.3) is 0 Å². The highest BCUT2D eigenvalue weighted by molar-refractivity contribution is 6.70. The zero-order chi connectivity index (χ0) is 11.6. The number of allylic oxidation sites excluding steroid dienone is 4. The Balaban J connectivity index is 2.88. The quantitative estimate of drug-likeness (QED) is 0.512. The second-order valence-corrected chi connectivity index (χ2v) is 9.77. The molecule has 15 heavy (non-hydrogen) atoms. The van der Waals surface area contributed by atoms with Crippen LogP contribution in [0, 0.1) is 5.92 Å². The van der Waals surface area contributed by atoms with E-state index in [0.717, 1.165) is 12.2 Å². The van der Waals surface area contributed by atoms with Gasteiger partial charge < -0.3 is 4.43 Å². The first kappa shape index (κ1) is 12.3. The lowest BCUT2D eigenvalue weighted by Gasteiger charge is -2.29. The molecule has 0 aliphatic heterocycles. The molecule has 0 aromatic heterocycles. The first-order valence-corrected chi connectivity index (χ1v) is 8.93. The maximum Gasteiger partial charge on any atom is 0.241 e. The molecule has 84 valence electrons. The third-order valence-electron chi connectivity index (χ3n) is 2.41. The fourth-order valence-electron chi connectivity index (χ4n) is 1.70. The molecule has 1 atom stereocenters. The van der Waals surface area contributed by atoms with Crippen molar-refractivity contribution >= 4 is 8.32 Å². The van der Waals surface area contributed by atoms with Crippen LogP contribution in [0.1, 0.15) is 20.3 Å². The monoisotopic (exact) mass is 222 g/mol. The van der Waals surface area contributed by atoms with Gasteiger partial charge in [-0.15, -0.1) is 0 Å². The van der Waals surface area contributed by atoms with Crippen molar-refractivity contribution in [2.45, 2.75) is 39.9 Å². The van der Waals surface area contributed by atoms with E-state index in [0.29, 0.717) is 5.92 Å². The maximum absolute atomic E-state index is 6.12. The highest BCUT2D eigenvalue weighted by Gasteiger charge is 2.24. The van der Waals surface area contributed by atoms with Crippen molar-refractivity contribution in [2.75, 3.05) is 0 Å². The van der Waals surface area contributed by atoms with Gasteiger partial charge >= 0.3 is 0 Å². The van der Waals surface area contributed by atoms with Crippen molar-refractivity contribution in [3.8, 4) is 0 Å². The van der Waals surface area contributed by atoms with Gasteiger partial charge in [-0.2, -0.15) is 0 Å². The Morgan fingerprint density at radius 2 is 2.07 bits per heavy atom. The van der Waals surface area contributed by atoms with Crippen LogP contribution in [0.15, 0.2) is 35.6 Å². The van der Waals surface area contributed by atoms with E-state index >= 15 is 0 Å². The highest BCUT2D eigenvalue weighted by Crippen LogP contribution is 2.31. The van der Waals surface area contributed by atoms with E-state index in [1.807, 2.05) is 0 Å². The molecule has 0 aromatic carbocycles. The highest BCUT2D eigenvalue weighted by atomic mass is 28.4. The van der Waals surface area contributed by atoms with Gasteiger partial charge in [0, 0.05) is 5.92 Å². The second-order valence-electron chi connectivity index (χ2n) is 5.34. The largest absolute Gasteiger partial charge is 0.547 e. The van der Waals surface area contributed by atoms with Gasteiger partial charge in [-0.25, -0.2) is 0 Å². The summed E-state index contributed by atoms with van der Waals surface area (Å²) in [5.41, 5.74) is 2.50. The molecule has 1 aliphatic rings. The van der Waals surface area contributed by atoms with E-state index in [9.17, 15) is 0 Å². The predicted octanol–water partition coefficient (Wildman–Crippen LogP) is 4.26. The van der Waals surface area contributed by atoms with Gasteiger partial charge in [0.2, 0.25) is 8.32 Å². The summed E-state index contributed by atoms with van der Waals surface area (Å²) in [6.07, 6.45) is 5.47. The third-order valence-corrected chi connectivity index (χ3v) is 3.26. The molecule has 0 saturated carbocycles. The van der Waals surface area contributed by atoms with Gasteiger partial charge in [0.1, 0.15) is 0 Å². The van der Waals surface area contributed by atoms with Crippen molar-refractivity contribution < 1.29 is 4.43 Å². The third kappa shape index (κ3) is 3.71. The summed E-state index contributed by atoms with van der Waals surface area (Å²) in [6, 6.07) is 0. The summed E-state index contributed by atoms with van der Waals surface area (Å²) in [4.78, 5) is 0. The van der Waals surface area contributed by atoms with Crippen LogP contribution < -0.4 is 0 Å². The minimum absolute atomic E-state index is 0.389. The van der Waals surface area contributed by atoms with E-state index in [1.54, 1.807) is 0 Å². The van der Waals surface area contributed by atoms with Crippen molar-refractivity contribution in [1.29, 1.82) is 0 Å². The van der Waals surface area contributed by atoms with Crippen molar-refractivity contribution in [2.24, 2.45) is 5.92 Å². The first-order valence-electron chi connectivity index (χ1n) is 5.52. The Hall–Kier alpha value is -0.763. The molecule has 0 amide bonds. The van der Waals surface area contributed by atoms with Crippen LogP contribution in [0.5, 0.6) is 0 Å². The van der Waals surface area contributed by atoms with Gasteiger partial charge in [0.25, 0.3) is 0 Å². The van der Waals surface area contributed by atoms with E-state index in [1.165, 1.54) is 11.1 Å². The molecular formula is C13H22OSi. The summed E-state index contributed by atoms with van der Waals surface area (Å²) in [6.45, 7) is 14.9. The SMILES string of the molecule is C=C(C)[C@@H]1CC=C(C)C=C1O[Si](C)(C)C. The summed E-state index contributed by atoms with van der Waals surface area (Å²) >= 11 is 0. The molecule has 1 rings (SSSR count). The fourth-order valence-corrected chi connectivity index (χ4v) is 2.61. The van der Waals surface area contributed by atoms with Gasteiger partial charge in [-0.1, -0.05) is 23.8 Å². The molecular weight excluding hydrogens is 200 g/mol. The maximum atomic E-state index is 6.12. The van der Waals surface area contributed by atoms with Crippen molar-refractivity contribution in [1.82, 2.24) is 0 Å². The average molecular weight is 222 g/mol. The van der Waals surface area contributed by atoms with Crippen LogP contribution in [-0.2, 0) is 4.43 Å². The van der Waals surface area contributed by atoms with Gasteiger partial charge in [-0.3, -0.25) is 0 Å². The van der Waals surface area contributed by atoms with E-state index in [-0.39, 0.29) is 0 Å². The smallest absolute Gasteiger partial charge is 0.241 e. The molecule has 0 unspecified atom stereocenters. The molecule has 2 heteroatoms. The van der Waals surface area contributed by atoms with E-state index < -0.39 is 8.32 Å². The van der Waals surface area contributed by atoms with Crippen LogP contribution in [0.3, 0.4) is 0 Å². The van der Waals surface area contributed by atoms with Crippen LogP contribution in [0.4, 0.5) is 0 Å². The molecule has 0 saturated heterocycles. The summed E-state index contributed by atoms with van der Waals surface area (Å²) in [5.74, 6) is 1.52. The summed E-state index contributed by atoms with van der Waals surface area (Å²) in [5, 5.41) is 0. The molecule has 0 N–H and O–H groups in total. The predicted molar refractivity (Wildman–Crippen MR) is 69.2 cm³/mol. The Morgan fingerprint density at radius 3 is 2.53 bits per heavy atom. The number of hydrogen-bond donors (Lipinski definition) is 0. The Bertz CT molecular complexity index is 318. The molecule has 1 nitrogen and oxygen atoms in total. The topological polar surface area (TPSA) is 9.23 Å². The second kappa shape index (κ2) is 4.39. The minimum Gasteiger partial charge on any atom is -0.547 e. The fraction of sp³-hybridized carbons (Fsp3) is 0.538. The molecule has 0 bridgehead atoms. The molecule has 0 fully saturated rings. The Morgan fingerprint density at radius 1 is 1.47 bits per heavy atom. The van der Waals surface area contributed by atoms with Gasteiger partial charge in [0.15, 0.2) is 0 Å². The normalized spacial score (nSPS) is 21.8. The summed E-state index contributed by atoms with van der Waals surface area (Å²) < 4.78 is 6.12.